The maximum Gasteiger partial charge on any atom is 0.236 e. The molecule has 0 spiro atoms. The number of nitrogens with zero attached hydrogens (tertiary/aromatic N) is 5. The van der Waals surface area contributed by atoms with Crippen molar-refractivity contribution in [3.05, 3.63) is 66.3 Å². The van der Waals surface area contributed by atoms with Crippen LogP contribution in [0.5, 0.6) is 0 Å². The molecule has 12 heteroatoms. The SMILES string of the molecule is COCCS(=O)(=O)Nc1ccnc(-c2cc(-c3ccon3)n(Cc3ccccc3F)n2)n1. The summed E-state index contributed by atoms with van der Waals surface area (Å²) >= 11 is 0. The minimum absolute atomic E-state index is 0.0504. The molecular formula is C20H19FN6O4S. The van der Waals surface area contributed by atoms with Gasteiger partial charge in [0.25, 0.3) is 0 Å². The molecule has 4 rings (SSSR count). The first-order valence-corrected chi connectivity index (χ1v) is 11.2. The zero-order valence-corrected chi connectivity index (χ0v) is 17.8. The fraction of sp³-hybridized carbons (Fsp3) is 0.200. The smallest absolute Gasteiger partial charge is 0.236 e. The molecule has 0 amide bonds. The number of nitrogens with one attached hydrogen (secondary N) is 1. The van der Waals surface area contributed by atoms with Crippen LogP contribution in [-0.2, 0) is 21.3 Å². The van der Waals surface area contributed by atoms with Crippen LogP contribution in [-0.4, -0.2) is 52.8 Å². The van der Waals surface area contributed by atoms with Gasteiger partial charge in [0.05, 0.1) is 24.6 Å². The molecule has 0 bridgehead atoms. The molecule has 4 aromatic rings. The summed E-state index contributed by atoms with van der Waals surface area (Å²) in [6, 6.07) is 11.1. The van der Waals surface area contributed by atoms with Crippen LogP contribution in [0.3, 0.4) is 0 Å². The molecule has 32 heavy (non-hydrogen) atoms. The summed E-state index contributed by atoms with van der Waals surface area (Å²) in [5, 5.41) is 8.44. The molecule has 1 aromatic carbocycles. The van der Waals surface area contributed by atoms with Crippen molar-refractivity contribution in [1.82, 2.24) is 24.9 Å². The van der Waals surface area contributed by atoms with Crippen LogP contribution >= 0.6 is 0 Å². The highest BCUT2D eigenvalue weighted by molar-refractivity contribution is 7.92. The van der Waals surface area contributed by atoms with Crippen molar-refractivity contribution in [2.45, 2.75) is 6.54 Å². The Bertz CT molecular complexity index is 1310. The molecular weight excluding hydrogens is 439 g/mol. The average molecular weight is 458 g/mol. The van der Waals surface area contributed by atoms with Gasteiger partial charge in [0, 0.05) is 24.9 Å². The first kappa shape index (κ1) is 21.6. The zero-order valence-electron chi connectivity index (χ0n) is 17.0. The van der Waals surface area contributed by atoms with Crippen molar-refractivity contribution in [2.24, 2.45) is 0 Å². The summed E-state index contributed by atoms with van der Waals surface area (Å²) < 4.78 is 52.2. The largest absolute Gasteiger partial charge is 0.384 e. The molecule has 0 atom stereocenters. The lowest BCUT2D eigenvalue weighted by molar-refractivity contribution is 0.217. The van der Waals surface area contributed by atoms with Crippen molar-refractivity contribution < 1.29 is 22.1 Å². The van der Waals surface area contributed by atoms with Crippen LogP contribution in [0.4, 0.5) is 10.2 Å². The average Bonchev–Trinajstić information content (AvgIpc) is 3.44. The number of ether oxygens (including phenoxy) is 1. The number of sulfonamides is 1. The molecule has 10 nitrogen and oxygen atoms in total. The summed E-state index contributed by atoms with van der Waals surface area (Å²) in [5.74, 6) is -0.290. The van der Waals surface area contributed by atoms with E-state index in [1.165, 1.54) is 31.7 Å². The fourth-order valence-electron chi connectivity index (χ4n) is 2.93. The Morgan fingerprint density at radius 3 is 2.78 bits per heavy atom. The number of hydrogen-bond acceptors (Lipinski definition) is 8. The van der Waals surface area contributed by atoms with Gasteiger partial charge >= 0.3 is 0 Å². The van der Waals surface area contributed by atoms with Crippen LogP contribution < -0.4 is 4.72 Å². The Labute approximate surface area is 183 Å². The monoisotopic (exact) mass is 458 g/mol. The number of benzene rings is 1. The Balaban J connectivity index is 1.68. The summed E-state index contributed by atoms with van der Waals surface area (Å²) in [7, 11) is -2.22. The van der Waals surface area contributed by atoms with Gasteiger partial charge in [-0.25, -0.2) is 22.8 Å². The highest BCUT2D eigenvalue weighted by atomic mass is 32.2. The van der Waals surface area contributed by atoms with Gasteiger partial charge in [0.2, 0.25) is 10.0 Å². The maximum absolute atomic E-state index is 14.2. The van der Waals surface area contributed by atoms with E-state index >= 15 is 0 Å². The predicted octanol–water partition coefficient (Wildman–Crippen LogP) is 2.57. The van der Waals surface area contributed by atoms with Gasteiger partial charge in [-0.05, 0) is 18.2 Å². The third-order valence-corrected chi connectivity index (χ3v) is 5.68. The minimum atomic E-state index is -3.63. The van der Waals surface area contributed by atoms with Crippen molar-refractivity contribution in [3.63, 3.8) is 0 Å². The lowest BCUT2D eigenvalue weighted by Crippen LogP contribution is -2.20. The molecule has 0 saturated heterocycles. The highest BCUT2D eigenvalue weighted by Crippen LogP contribution is 2.25. The van der Waals surface area contributed by atoms with Crippen LogP contribution in [0.25, 0.3) is 22.9 Å². The number of halogens is 1. The molecule has 0 aliphatic heterocycles. The molecule has 0 saturated carbocycles. The van der Waals surface area contributed by atoms with Crippen molar-refractivity contribution in [2.75, 3.05) is 24.2 Å². The van der Waals surface area contributed by atoms with Gasteiger partial charge in [-0.3, -0.25) is 9.40 Å². The number of rotatable bonds is 9. The van der Waals surface area contributed by atoms with Gasteiger partial charge in [0.1, 0.15) is 29.3 Å². The summed E-state index contributed by atoms with van der Waals surface area (Å²) in [6.07, 6.45) is 2.84. The molecule has 0 aliphatic rings. The second-order valence-corrected chi connectivity index (χ2v) is 8.57. The summed E-state index contributed by atoms with van der Waals surface area (Å²) in [4.78, 5) is 8.46. The second kappa shape index (κ2) is 9.24. The summed E-state index contributed by atoms with van der Waals surface area (Å²) in [6.45, 7) is 0.187. The second-order valence-electron chi connectivity index (χ2n) is 6.73. The molecule has 3 aromatic heterocycles. The molecule has 166 valence electrons. The standard InChI is InChI=1S/C20H19FN6O4S/c1-30-10-11-32(28,29)26-19-6-8-22-20(23-19)17-12-18(16-7-9-31-25-16)27(24-17)13-14-4-2-3-5-15(14)21/h2-9,12H,10-11,13H2,1H3,(H,22,23,26). The number of aromatic nitrogens is 5. The van der Waals surface area contributed by atoms with Crippen molar-refractivity contribution in [1.29, 1.82) is 0 Å². The third-order valence-electron chi connectivity index (χ3n) is 4.46. The molecule has 0 radical (unpaired) electrons. The highest BCUT2D eigenvalue weighted by Gasteiger charge is 2.18. The van der Waals surface area contributed by atoms with Crippen LogP contribution in [0, 0.1) is 5.82 Å². The van der Waals surface area contributed by atoms with Gasteiger partial charge in [-0.1, -0.05) is 23.4 Å². The Kier molecular flexibility index (Phi) is 6.23. The van der Waals surface area contributed by atoms with Crippen LogP contribution in [0.2, 0.25) is 0 Å². The number of anilines is 1. The Hall–Kier alpha value is -3.64. The number of methoxy groups -OCH3 is 1. The van der Waals surface area contributed by atoms with E-state index in [2.05, 4.69) is 24.9 Å². The molecule has 0 aliphatic carbocycles. The molecule has 3 heterocycles. The van der Waals surface area contributed by atoms with Gasteiger partial charge < -0.3 is 9.26 Å². The van der Waals surface area contributed by atoms with E-state index in [9.17, 15) is 12.8 Å². The van der Waals surface area contributed by atoms with E-state index in [4.69, 9.17) is 9.26 Å². The van der Waals surface area contributed by atoms with Gasteiger partial charge in [-0.15, -0.1) is 0 Å². The van der Waals surface area contributed by atoms with E-state index in [0.29, 0.717) is 22.6 Å². The van der Waals surface area contributed by atoms with E-state index in [0.717, 1.165) is 0 Å². The minimum Gasteiger partial charge on any atom is -0.384 e. The van der Waals surface area contributed by atoms with E-state index < -0.39 is 10.0 Å². The first-order valence-electron chi connectivity index (χ1n) is 9.50. The quantitative estimate of drug-likeness (QED) is 0.406. The number of hydrogen-bond donors (Lipinski definition) is 1. The van der Waals surface area contributed by atoms with Crippen molar-refractivity contribution >= 4 is 15.8 Å². The van der Waals surface area contributed by atoms with Gasteiger partial charge in [-0.2, -0.15) is 5.10 Å². The lowest BCUT2D eigenvalue weighted by Gasteiger charge is -2.07. The molecule has 0 unspecified atom stereocenters. The third kappa shape index (κ3) is 4.98. The lowest BCUT2D eigenvalue weighted by atomic mass is 10.2. The normalized spacial score (nSPS) is 11.6. The maximum atomic E-state index is 14.2. The van der Waals surface area contributed by atoms with E-state index in [-0.39, 0.29) is 36.4 Å². The van der Waals surface area contributed by atoms with Crippen LogP contribution in [0.15, 0.2) is 59.4 Å². The van der Waals surface area contributed by atoms with Gasteiger partial charge in [0.15, 0.2) is 5.82 Å². The zero-order chi connectivity index (χ0) is 22.6. The molecule has 0 fully saturated rings. The Morgan fingerprint density at radius 1 is 1.19 bits per heavy atom. The fourth-order valence-corrected chi connectivity index (χ4v) is 3.85. The Morgan fingerprint density at radius 2 is 2.03 bits per heavy atom. The first-order chi connectivity index (χ1) is 15.4. The summed E-state index contributed by atoms with van der Waals surface area (Å²) in [5.41, 5.74) is 1.85. The topological polar surface area (TPSA) is 125 Å². The van der Waals surface area contributed by atoms with Crippen LogP contribution in [0.1, 0.15) is 5.56 Å². The van der Waals surface area contributed by atoms with E-state index in [1.54, 1.807) is 35.0 Å². The van der Waals surface area contributed by atoms with Crippen molar-refractivity contribution in [3.8, 4) is 22.9 Å². The van der Waals surface area contributed by atoms with E-state index in [1.807, 2.05) is 0 Å². The molecule has 1 N–H and O–H groups in total. The predicted molar refractivity (Wildman–Crippen MR) is 114 cm³/mol.